The molecular weight excluding hydrogens is 243 g/mol. The zero-order valence-corrected chi connectivity index (χ0v) is 9.34. The SMILES string of the molecule is CC=NN(C)c1cc(C(F)(F)F)cc(Cl)n1. The predicted octanol–water partition coefficient (Wildman–Crippen LogP) is 3.20. The van der Waals surface area contributed by atoms with Gasteiger partial charge in [-0.15, -0.1) is 0 Å². The molecule has 88 valence electrons. The van der Waals surface area contributed by atoms with Crippen molar-refractivity contribution in [1.29, 1.82) is 0 Å². The van der Waals surface area contributed by atoms with Crippen LogP contribution in [0.2, 0.25) is 5.15 Å². The van der Waals surface area contributed by atoms with Crippen LogP contribution in [0.4, 0.5) is 19.0 Å². The Morgan fingerprint density at radius 1 is 1.44 bits per heavy atom. The summed E-state index contributed by atoms with van der Waals surface area (Å²) in [5.74, 6) is 0.0397. The first-order valence-electron chi connectivity index (χ1n) is 4.31. The van der Waals surface area contributed by atoms with E-state index in [1.54, 1.807) is 6.92 Å². The second-order valence-electron chi connectivity index (χ2n) is 2.93. The van der Waals surface area contributed by atoms with Gasteiger partial charge >= 0.3 is 6.18 Å². The Hall–Kier alpha value is -1.30. The molecule has 1 heterocycles. The second kappa shape index (κ2) is 4.69. The summed E-state index contributed by atoms with van der Waals surface area (Å²) in [5.41, 5.74) is -0.847. The Balaban J connectivity index is 3.18. The van der Waals surface area contributed by atoms with E-state index in [9.17, 15) is 13.2 Å². The van der Waals surface area contributed by atoms with Crippen LogP contribution < -0.4 is 5.01 Å². The molecule has 3 nitrogen and oxygen atoms in total. The molecule has 0 saturated carbocycles. The molecule has 1 rings (SSSR count). The molecule has 16 heavy (non-hydrogen) atoms. The highest BCUT2D eigenvalue weighted by Gasteiger charge is 2.31. The summed E-state index contributed by atoms with van der Waals surface area (Å²) in [6.45, 7) is 1.64. The van der Waals surface area contributed by atoms with E-state index in [1.165, 1.54) is 18.3 Å². The largest absolute Gasteiger partial charge is 0.416 e. The van der Waals surface area contributed by atoms with Crippen molar-refractivity contribution in [3.63, 3.8) is 0 Å². The van der Waals surface area contributed by atoms with Gasteiger partial charge in [0.15, 0.2) is 5.82 Å². The van der Waals surface area contributed by atoms with E-state index in [0.29, 0.717) is 0 Å². The van der Waals surface area contributed by atoms with Gasteiger partial charge in [0.05, 0.1) is 5.56 Å². The monoisotopic (exact) mass is 251 g/mol. The average molecular weight is 252 g/mol. The third kappa shape index (κ3) is 3.10. The molecule has 0 aliphatic rings. The maximum absolute atomic E-state index is 12.5. The van der Waals surface area contributed by atoms with Gasteiger partial charge in [-0.2, -0.15) is 18.3 Å². The van der Waals surface area contributed by atoms with Crippen LogP contribution in [0.1, 0.15) is 12.5 Å². The van der Waals surface area contributed by atoms with Gasteiger partial charge < -0.3 is 0 Å². The minimum atomic E-state index is -4.45. The number of halogens is 4. The summed E-state index contributed by atoms with van der Waals surface area (Å²) in [5, 5.41) is 4.77. The molecule has 0 aliphatic carbocycles. The Morgan fingerprint density at radius 2 is 2.06 bits per heavy atom. The van der Waals surface area contributed by atoms with Crippen LogP contribution in [-0.4, -0.2) is 18.2 Å². The van der Waals surface area contributed by atoms with E-state index in [4.69, 9.17) is 11.6 Å². The van der Waals surface area contributed by atoms with Gasteiger partial charge in [0.1, 0.15) is 5.15 Å². The van der Waals surface area contributed by atoms with Crippen LogP contribution >= 0.6 is 11.6 Å². The van der Waals surface area contributed by atoms with Crippen molar-refractivity contribution >= 4 is 23.6 Å². The third-order valence-electron chi connectivity index (χ3n) is 1.73. The van der Waals surface area contributed by atoms with Gasteiger partial charge in [-0.3, -0.25) is 5.01 Å². The number of hydrogen-bond donors (Lipinski definition) is 0. The molecule has 0 radical (unpaired) electrons. The third-order valence-corrected chi connectivity index (χ3v) is 1.92. The summed E-state index contributed by atoms with van der Waals surface area (Å²) in [7, 11) is 1.48. The number of rotatable bonds is 2. The highest BCUT2D eigenvalue weighted by molar-refractivity contribution is 6.29. The van der Waals surface area contributed by atoms with Gasteiger partial charge in [0, 0.05) is 13.3 Å². The van der Waals surface area contributed by atoms with Gasteiger partial charge in [-0.1, -0.05) is 11.6 Å². The maximum Gasteiger partial charge on any atom is 0.416 e. The number of nitrogens with zero attached hydrogens (tertiary/aromatic N) is 3. The van der Waals surface area contributed by atoms with Crippen molar-refractivity contribution in [3.8, 4) is 0 Å². The predicted molar refractivity (Wildman–Crippen MR) is 56.8 cm³/mol. The van der Waals surface area contributed by atoms with E-state index in [2.05, 4.69) is 10.1 Å². The molecule has 0 bridgehead atoms. The zero-order valence-electron chi connectivity index (χ0n) is 8.59. The molecule has 0 N–H and O–H groups in total. The lowest BCUT2D eigenvalue weighted by Gasteiger charge is -2.14. The van der Waals surface area contributed by atoms with Crippen LogP contribution in [0, 0.1) is 0 Å². The number of hydrazone groups is 1. The fourth-order valence-electron chi connectivity index (χ4n) is 1.04. The number of alkyl halides is 3. The molecule has 7 heteroatoms. The van der Waals surface area contributed by atoms with E-state index in [-0.39, 0.29) is 11.0 Å². The molecular formula is C9H9ClF3N3. The summed E-state index contributed by atoms with van der Waals surface area (Å²) >= 11 is 5.51. The van der Waals surface area contributed by atoms with Crippen molar-refractivity contribution in [3.05, 3.63) is 22.8 Å². The summed E-state index contributed by atoms with van der Waals surface area (Å²) in [4.78, 5) is 3.74. The summed E-state index contributed by atoms with van der Waals surface area (Å²) < 4.78 is 37.4. The molecule has 0 spiro atoms. The Labute approximate surface area is 95.5 Å². The van der Waals surface area contributed by atoms with Gasteiger partial charge in [-0.05, 0) is 19.1 Å². The molecule has 0 aliphatic heterocycles. The Kier molecular flexibility index (Phi) is 3.74. The molecule has 0 saturated heterocycles. The van der Waals surface area contributed by atoms with Gasteiger partial charge in [-0.25, -0.2) is 4.98 Å². The summed E-state index contributed by atoms with van der Waals surface area (Å²) in [6.07, 6.45) is -3.01. The Morgan fingerprint density at radius 3 is 2.56 bits per heavy atom. The van der Waals surface area contributed by atoms with E-state index < -0.39 is 11.7 Å². The molecule has 0 aromatic carbocycles. The van der Waals surface area contributed by atoms with Crippen LogP contribution in [0.25, 0.3) is 0 Å². The van der Waals surface area contributed by atoms with Gasteiger partial charge in [0.2, 0.25) is 0 Å². The molecule has 1 aromatic rings. The lowest BCUT2D eigenvalue weighted by molar-refractivity contribution is -0.137. The molecule has 0 fully saturated rings. The fourth-order valence-corrected chi connectivity index (χ4v) is 1.25. The standard InChI is InChI=1S/C9H9ClF3N3/c1-3-14-16(2)8-5-6(9(11,12)13)4-7(10)15-8/h3-5H,1-2H3. The quantitative estimate of drug-likeness (QED) is 0.459. The number of hydrogen-bond acceptors (Lipinski definition) is 3. The Bertz CT molecular complexity index is 403. The van der Waals surface area contributed by atoms with E-state index in [0.717, 1.165) is 12.1 Å². The average Bonchev–Trinajstić information content (AvgIpc) is 2.16. The van der Waals surface area contributed by atoms with Crippen molar-refractivity contribution in [2.45, 2.75) is 13.1 Å². The lowest BCUT2D eigenvalue weighted by atomic mass is 10.2. The summed E-state index contributed by atoms with van der Waals surface area (Å²) in [6, 6.07) is 1.66. The molecule has 0 unspecified atom stereocenters. The first-order valence-corrected chi connectivity index (χ1v) is 4.69. The second-order valence-corrected chi connectivity index (χ2v) is 3.32. The highest BCUT2D eigenvalue weighted by atomic mass is 35.5. The maximum atomic E-state index is 12.5. The lowest BCUT2D eigenvalue weighted by Crippen LogP contribution is -2.13. The first kappa shape index (κ1) is 12.8. The van der Waals surface area contributed by atoms with Crippen molar-refractivity contribution in [2.24, 2.45) is 5.10 Å². The van der Waals surface area contributed by atoms with E-state index >= 15 is 0 Å². The van der Waals surface area contributed by atoms with Crippen molar-refractivity contribution < 1.29 is 13.2 Å². The number of aromatic nitrogens is 1. The normalized spacial score (nSPS) is 12.1. The number of anilines is 1. The molecule has 0 atom stereocenters. The smallest absolute Gasteiger partial charge is 0.251 e. The fraction of sp³-hybridized carbons (Fsp3) is 0.333. The minimum absolute atomic E-state index is 0.0397. The molecule has 0 amide bonds. The van der Waals surface area contributed by atoms with Crippen molar-refractivity contribution in [1.82, 2.24) is 4.98 Å². The first-order chi connectivity index (χ1) is 7.34. The van der Waals surface area contributed by atoms with Crippen LogP contribution in [0.15, 0.2) is 17.2 Å². The topological polar surface area (TPSA) is 28.5 Å². The van der Waals surface area contributed by atoms with Gasteiger partial charge in [0.25, 0.3) is 0 Å². The van der Waals surface area contributed by atoms with E-state index in [1.807, 2.05) is 0 Å². The number of pyridine rings is 1. The van der Waals surface area contributed by atoms with Crippen LogP contribution in [0.3, 0.4) is 0 Å². The van der Waals surface area contributed by atoms with Crippen molar-refractivity contribution in [2.75, 3.05) is 12.1 Å². The minimum Gasteiger partial charge on any atom is -0.251 e. The molecule has 1 aromatic heterocycles. The highest BCUT2D eigenvalue weighted by Crippen LogP contribution is 2.32. The van der Waals surface area contributed by atoms with Crippen LogP contribution in [0.5, 0.6) is 0 Å². The zero-order chi connectivity index (χ0) is 12.3. The van der Waals surface area contributed by atoms with Crippen LogP contribution in [-0.2, 0) is 6.18 Å².